The molecule has 1 heterocycles. The highest BCUT2D eigenvalue weighted by Gasteiger charge is 2.33. The van der Waals surface area contributed by atoms with Gasteiger partial charge in [-0.2, -0.15) is 18.4 Å². The van der Waals surface area contributed by atoms with E-state index in [1.165, 1.54) is 12.3 Å². The number of carbonyl (C=O) groups is 1. The van der Waals surface area contributed by atoms with Gasteiger partial charge in [-0.1, -0.05) is 23.7 Å². The van der Waals surface area contributed by atoms with Crippen LogP contribution in [0.5, 0.6) is 0 Å². The maximum atomic E-state index is 13.0. The van der Waals surface area contributed by atoms with Crippen LogP contribution in [0.3, 0.4) is 0 Å². The van der Waals surface area contributed by atoms with Crippen molar-refractivity contribution in [1.82, 2.24) is 4.57 Å². The van der Waals surface area contributed by atoms with E-state index in [-0.39, 0.29) is 17.7 Å². The molecule has 0 radical (unpaired) electrons. The van der Waals surface area contributed by atoms with Crippen molar-refractivity contribution in [2.45, 2.75) is 12.7 Å². The molecule has 9 heteroatoms. The van der Waals surface area contributed by atoms with Gasteiger partial charge >= 0.3 is 6.18 Å². The van der Waals surface area contributed by atoms with Gasteiger partial charge in [0.2, 0.25) is 5.78 Å². The summed E-state index contributed by atoms with van der Waals surface area (Å²) in [5.41, 5.74) is -0.0953. The molecule has 0 amide bonds. The van der Waals surface area contributed by atoms with E-state index in [0.29, 0.717) is 16.6 Å². The zero-order chi connectivity index (χ0) is 22.1. The van der Waals surface area contributed by atoms with Crippen molar-refractivity contribution in [3.8, 4) is 6.07 Å². The quantitative estimate of drug-likeness (QED) is 0.302. The van der Waals surface area contributed by atoms with Gasteiger partial charge in [0, 0.05) is 29.7 Å². The van der Waals surface area contributed by atoms with Crippen molar-refractivity contribution in [3.05, 3.63) is 75.7 Å². The van der Waals surface area contributed by atoms with Gasteiger partial charge in [0.05, 0.1) is 23.7 Å². The second-order valence-electron chi connectivity index (χ2n) is 6.38. The molecule has 5 nitrogen and oxygen atoms in total. The number of aliphatic imine (C=N–C) groups is 1. The Morgan fingerprint density at radius 2 is 2.03 bits per heavy atom. The molecule has 0 fully saturated rings. The summed E-state index contributed by atoms with van der Waals surface area (Å²) in [5.74, 6) is -0.671. The molecule has 0 bridgehead atoms. The number of halogens is 4. The minimum Gasteiger partial charge on any atom is -0.350 e. The first-order valence-electron chi connectivity index (χ1n) is 8.47. The van der Waals surface area contributed by atoms with Crippen LogP contribution in [0.2, 0.25) is 5.02 Å². The average Bonchev–Trinajstić information content (AvgIpc) is 3.04. The Balaban J connectivity index is 1.97. The number of hydrogen-bond acceptors (Lipinski definition) is 3. The third-order valence-electron chi connectivity index (χ3n) is 4.42. The van der Waals surface area contributed by atoms with Crippen LogP contribution in [0.15, 0.2) is 47.6 Å². The third-order valence-corrected chi connectivity index (χ3v) is 4.75. The molecule has 0 unspecified atom stereocenters. The van der Waals surface area contributed by atoms with Crippen molar-refractivity contribution in [3.63, 3.8) is 0 Å². The van der Waals surface area contributed by atoms with Crippen molar-refractivity contribution < 1.29 is 18.0 Å². The van der Waals surface area contributed by atoms with Crippen molar-refractivity contribution in [1.29, 1.82) is 5.26 Å². The number of nitrogens with zero attached hydrogens (tertiary/aromatic N) is 4. The summed E-state index contributed by atoms with van der Waals surface area (Å²) in [6.07, 6.45) is -3.11. The standard InChI is InChI=1S/C21H12ClF3N4O/c1-27-13-4-6-19-14(8-13)15(11-29(19)2)20(30)18(9-26)28-10-12-3-5-17(22)16(7-12)21(23,24)25/h3-8,11H,10H2,2H3. The lowest BCUT2D eigenvalue weighted by Crippen LogP contribution is -2.12. The van der Waals surface area contributed by atoms with E-state index < -0.39 is 28.3 Å². The number of Topliss-reactive ketones (excluding diaryl/α,β-unsaturated/α-hetero) is 1. The highest BCUT2D eigenvalue weighted by molar-refractivity contribution is 6.52. The number of benzene rings is 2. The van der Waals surface area contributed by atoms with Gasteiger partial charge in [0.1, 0.15) is 6.07 Å². The lowest BCUT2D eigenvalue weighted by molar-refractivity contribution is -0.137. The van der Waals surface area contributed by atoms with Crippen LogP contribution in [0, 0.1) is 17.9 Å². The number of carbonyl (C=O) groups excluding carboxylic acids is 1. The Labute approximate surface area is 174 Å². The van der Waals surface area contributed by atoms with Gasteiger partial charge in [-0.25, -0.2) is 4.85 Å². The van der Waals surface area contributed by atoms with Gasteiger partial charge in [-0.15, -0.1) is 0 Å². The Kier molecular flexibility index (Phi) is 5.64. The minimum absolute atomic E-state index is 0.153. The molecule has 3 rings (SSSR count). The lowest BCUT2D eigenvalue weighted by atomic mass is 10.1. The molecule has 0 spiro atoms. The van der Waals surface area contributed by atoms with Crippen LogP contribution < -0.4 is 0 Å². The normalized spacial score (nSPS) is 11.9. The summed E-state index contributed by atoms with van der Waals surface area (Å²) in [6.45, 7) is 6.83. The maximum absolute atomic E-state index is 13.0. The van der Waals surface area contributed by atoms with E-state index in [1.54, 1.807) is 35.9 Å². The topological polar surface area (TPSA) is 62.5 Å². The van der Waals surface area contributed by atoms with Crippen LogP contribution in [0.1, 0.15) is 21.5 Å². The van der Waals surface area contributed by atoms with Gasteiger partial charge < -0.3 is 4.57 Å². The van der Waals surface area contributed by atoms with Gasteiger partial charge in [-0.3, -0.25) is 9.79 Å². The summed E-state index contributed by atoms with van der Waals surface area (Å²) in [4.78, 5) is 20.1. The molecule has 1 aromatic heterocycles. The van der Waals surface area contributed by atoms with Crippen LogP contribution in [-0.2, 0) is 19.8 Å². The lowest BCUT2D eigenvalue weighted by Gasteiger charge is -2.10. The first-order chi connectivity index (χ1) is 14.2. The van der Waals surface area contributed by atoms with Crippen LogP contribution >= 0.6 is 11.6 Å². The first-order valence-corrected chi connectivity index (χ1v) is 8.85. The van der Waals surface area contributed by atoms with Crippen LogP contribution in [0.4, 0.5) is 18.9 Å². The van der Waals surface area contributed by atoms with E-state index in [4.69, 9.17) is 18.2 Å². The van der Waals surface area contributed by atoms with Crippen molar-refractivity contribution >= 4 is 39.7 Å². The highest BCUT2D eigenvalue weighted by atomic mass is 35.5. The molecule has 150 valence electrons. The third kappa shape index (κ3) is 4.05. The Bertz CT molecular complexity index is 1280. The Morgan fingerprint density at radius 3 is 2.67 bits per heavy atom. The molecule has 0 saturated carbocycles. The fraction of sp³-hybridized carbons (Fsp3) is 0.143. The molecule has 30 heavy (non-hydrogen) atoms. The number of fused-ring (bicyclic) bond motifs is 1. The number of nitriles is 1. The zero-order valence-electron chi connectivity index (χ0n) is 15.5. The monoisotopic (exact) mass is 428 g/mol. The van der Waals surface area contributed by atoms with Gasteiger partial charge in [0.25, 0.3) is 0 Å². The summed E-state index contributed by atoms with van der Waals surface area (Å²) in [5, 5.41) is 9.43. The van der Waals surface area contributed by atoms with E-state index in [9.17, 15) is 23.2 Å². The number of alkyl halides is 3. The molecule has 2 aromatic carbocycles. The van der Waals surface area contributed by atoms with E-state index >= 15 is 0 Å². The molecule has 0 aliphatic heterocycles. The molecule has 3 aromatic rings. The smallest absolute Gasteiger partial charge is 0.350 e. The predicted molar refractivity (Wildman–Crippen MR) is 107 cm³/mol. The van der Waals surface area contributed by atoms with Crippen LogP contribution in [0.25, 0.3) is 15.7 Å². The molecular weight excluding hydrogens is 417 g/mol. The molecule has 0 aliphatic carbocycles. The van der Waals surface area contributed by atoms with Crippen LogP contribution in [-0.4, -0.2) is 16.1 Å². The second kappa shape index (κ2) is 8.02. The van der Waals surface area contributed by atoms with E-state index in [0.717, 1.165) is 12.1 Å². The van der Waals surface area contributed by atoms with Gasteiger partial charge in [-0.05, 0) is 29.8 Å². The summed E-state index contributed by atoms with van der Waals surface area (Å²) in [6, 6.07) is 9.84. The summed E-state index contributed by atoms with van der Waals surface area (Å²) in [7, 11) is 1.71. The van der Waals surface area contributed by atoms with Crippen molar-refractivity contribution in [2.24, 2.45) is 12.0 Å². The Hall–Kier alpha value is -3.62. The largest absolute Gasteiger partial charge is 0.417 e. The molecule has 0 aliphatic rings. The SMILES string of the molecule is [C-]#[N+]c1ccc2c(c1)c(C(=O)C(C#N)=NCc1ccc(Cl)c(C(F)(F)F)c1)cn2C. The number of aromatic nitrogens is 1. The molecule has 0 saturated heterocycles. The Morgan fingerprint density at radius 1 is 1.30 bits per heavy atom. The van der Waals surface area contributed by atoms with E-state index in [1.807, 2.05) is 0 Å². The number of aryl methyl sites for hydroxylation is 1. The predicted octanol–water partition coefficient (Wildman–Crippen LogP) is 5.75. The fourth-order valence-electron chi connectivity index (χ4n) is 2.97. The minimum atomic E-state index is -4.63. The maximum Gasteiger partial charge on any atom is 0.417 e. The highest BCUT2D eigenvalue weighted by Crippen LogP contribution is 2.35. The molecule has 0 N–H and O–H groups in total. The fourth-order valence-corrected chi connectivity index (χ4v) is 3.20. The molecule has 0 atom stereocenters. The van der Waals surface area contributed by atoms with E-state index in [2.05, 4.69) is 9.84 Å². The number of rotatable bonds is 4. The summed E-state index contributed by atoms with van der Waals surface area (Å²) >= 11 is 5.60. The van der Waals surface area contributed by atoms with Gasteiger partial charge in [0.15, 0.2) is 11.4 Å². The first kappa shape index (κ1) is 21.1. The number of hydrogen-bond donors (Lipinski definition) is 0. The zero-order valence-corrected chi connectivity index (χ0v) is 16.2. The number of ketones is 1. The second-order valence-corrected chi connectivity index (χ2v) is 6.79. The summed E-state index contributed by atoms with van der Waals surface area (Å²) < 4.78 is 40.7. The van der Waals surface area contributed by atoms with Crippen molar-refractivity contribution in [2.75, 3.05) is 0 Å². The molecular formula is C21H12ClF3N4O. The average molecular weight is 429 g/mol.